The van der Waals surface area contributed by atoms with Crippen LogP contribution in [0.15, 0.2) is 22.8 Å². The summed E-state index contributed by atoms with van der Waals surface area (Å²) in [6.45, 7) is 1.63. The molecular weight excluding hydrogens is 117 g/mol. The number of rotatable bonds is 2. The van der Waals surface area contributed by atoms with Crippen LogP contribution in [0.25, 0.3) is 0 Å². The van der Waals surface area contributed by atoms with Gasteiger partial charge in [-0.3, -0.25) is 0 Å². The van der Waals surface area contributed by atoms with Crippen molar-refractivity contribution in [1.82, 2.24) is 0 Å². The average molecular weight is 125 g/mol. The molecule has 0 saturated carbocycles. The Morgan fingerprint density at radius 3 is 3.00 bits per heavy atom. The monoisotopic (exact) mass is 125 g/mol. The van der Waals surface area contributed by atoms with Gasteiger partial charge in [-0.2, -0.15) is 0 Å². The van der Waals surface area contributed by atoms with Crippen molar-refractivity contribution in [2.45, 2.75) is 6.82 Å². The topological polar surface area (TPSA) is 45.4 Å². The van der Waals surface area contributed by atoms with Crippen LogP contribution in [0.3, 0.4) is 0 Å². The standard InChI is InChI=1S/C5H8BNO2/c1-6(8)7-5-3-2-4-9-5/h2-4,7-8H,1H3. The third kappa shape index (κ3) is 1.81. The van der Waals surface area contributed by atoms with Crippen molar-refractivity contribution >= 4 is 12.9 Å². The molecule has 1 rings (SSSR count). The zero-order valence-electron chi connectivity index (χ0n) is 5.16. The molecule has 0 atom stereocenters. The maximum absolute atomic E-state index is 8.75. The van der Waals surface area contributed by atoms with E-state index in [0.29, 0.717) is 5.88 Å². The Hall–Kier alpha value is -0.895. The number of nitrogens with one attached hydrogen (secondary N) is 1. The average Bonchev–Trinajstić information content (AvgIpc) is 2.15. The lowest BCUT2D eigenvalue weighted by Gasteiger charge is -1.98. The lowest BCUT2D eigenvalue weighted by Crippen LogP contribution is -2.18. The van der Waals surface area contributed by atoms with Gasteiger partial charge in [0.25, 0.3) is 0 Å². The van der Waals surface area contributed by atoms with Crippen LogP contribution in [0.4, 0.5) is 5.88 Å². The van der Waals surface area contributed by atoms with Gasteiger partial charge in [0.2, 0.25) is 0 Å². The second-order valence-corrected chi connectivity index (χ2v) is 1.80. The molecule has 1 aromatic rings. The van der Waals surface area contributed by atoms with Gasteiger partial charge in [0.15, 0.2) is 5.88 Å². The lowest BCUT2D eigenvalue weighted by atomic mass is 9.89. The summed E-state index contributed by atoms with van der Waals surface area (Å²) in [6.07, 6.45) is 1.55. The van der Waals surface area contributed by atoms with Crippen LogP contribution >= 0.6 is 0 Å². The van der Waals surface area contributed by atoms with Crippen LogP contribution in [0.2, 0.25) is 6.82 Å². The summed E-state index contributed by atoms with van der Waals surface area (Å²) in [5, 5.41) is 11.4. The highest BCUT2D eigenvalue weighted by atomic mass is 16.3. The van der Waals surface area contributed by atoms with Gasteiger partial charge in [-0.1, -0.05) is 0 Å². The second-order valence-electron chi connectivity index (χ2n) is 1.80. The van der Waals surface area contributed by atoms with E-state index in [1.807, 2.05) is 0 Å². The number of hydrogen-bond acceptors (Lipinski definition) is 3. The van der Waals surface area contributed by atoms with Crippen LogP contribution in [0, 0.1) is 0 Å². The van der Waals surface area contributed by atoms with Crippen molar-refractivity contribution in [1.29, 1.82) is 0 Å². The summed E-state index contributed by atoms with van der Waals surface area (Å²) < 4.78 is 4.87. The van der Waals surface area contributed by atoms with Crippen molar-refractivity contribution in [2.24, 2.45) is 0 Å². The molecule has 0 saturated heterocycles. The number of anilines is 1. The molecule has 1 aromatic heterocycles. The molecule has 9 heavy (non-hydrogen) atoms. The van der Waals surface area contributed by atoms with Crippen LogP contribution in [-0.4, -0.2) is 12.1 Å². The van der Waals surface area contributed by atoms with E-state index in [4.69, 9.17) is 9.44 Å². The molecule has 0 radical (unpaired) electrons. The highest BCUT2D eigenvalue weighted by molar-refractivity contribution is 6.52. The normalized spacial score (nSPS) is 9.11. The molecule has 1 heterocycles. The highest BCUT2D eigenvalue weighted by Crippen LogP contribution is 2.05. The fourth-order valence-electron chi connectivity index (χ4n) is 0.567. The largest absolute Gasteiger partial charge is 0.450 e. The van der Waals surface area contributed by atoms with Crippen LogP contribution < -0.4 is 5.23 Å². The fraction of sp³-hybridized carbons (Fsp3) is 0.200. The molecular formula is C5H8BNO2. The van der Waals surface area contributed by atoms with Gasteiger partial charge >= 0.3 is 7.05 Å². The fourth-order valence-corrected chi connectivity index (χ4v) is 0.567. The minimum atomic E-state index is -0.559. The summed E-state index contributed by atoms with van der Waals surface area (Å²) in [5.74, 6) is 0.588. The van der Waals surface area contributed by atoms with E-state index >= 15 is 0 Å². The number of furan rings is 1. The molecule has 0 unspecified atom stereocenters. The first-order valence-corrected chi connectivity index (χ1v) is 2.77. The Morgan fingerprint density at radius 2 is 2.56 bits per heavy atom. The summed E-state index contributed by atoms with van der Waals surface area (Å²) in [4.78, 5) is 0. The van der Waals surface area contributed by atoms with Gasteiger partial charge in [-0.05, 0) is 12.9 Å². The van der Waals surface area contributed by atoms with Gasteiger partial charge in [0, 0.05) is 6.07 Å². The zero-order valence-corrected chi connectivity index (χ0v) is 5.16. The van der Waals surface area contributed by atoms with Crippen molar-refractivity contribution in [3.05, 3.63) is 18.4 Å². The first-order chi connectivity index (χ1) is 4.29. The predicted molar refractivity (Wildman–Crippen MR) is 36.2 cm³/mol. The Morgan fingerprint density at radius 1 is 1.78 bits per heavy atom. The SMILES string of the molecule is CB(O)Nc1ccco1. The second kappa shape index (κ2) is 2.59. The van der Waals surface area contributed by atoms with E-state index in [2.05, 4.69) is 5.23 Å². The minimum Gasteiger partial charge on any atom is -0.450 e. The maximum Gasteiger partial charge on any atom is 0.409 e. The lowest BCUT2D eigenvalue weighted by molar-refractivity contribution is 0.564. The third-order valence-corrected chi connectivity index (χ3v) is 0.872. The number of hydrogen-bond donors (Lipinski definition) is 2. The van der Waals surface area contributed by atoms with Gasteiger partial charge in [-0.15, -0.1) is 0 Å². The Labute approximate surface area is 53.8 Å². The molecule has 0 amide bonds. The van der Waals surface area contributed by atoms with E-state index in [1.165, 1.54) is 0 Å². The molecule has 0 spiro atoms. The van der Waals surface area contributed by atoms with Crippen molar-refractivity contribution < 1.29 is 9.44 Å². The maximum atomic E-state index is 8.75. The Bertz CT molecular complexity index is 161. The zero-order chi connectivity index (χ0) is 6.69. The molecule has 0 aliphatic heterocycles. The molecule has 0 aliphatic carbocycles. The smallest absolute Gasteiger partial charge is 0.409 e. The van der Waals surface area contributed by atoms with Crippen molar-refractivity contribution in [3.8, 4) is 0 Å². The molecule has 0 aliphatic rings. The van der Waals surface area contributed by atoms with Crippen molar-refractivity contribution in [3.63, 3.8) is 0 Å². The first-order valence-electron chi connectivity index (χ1n) is 2.77. The van der Waals surface area contributed by atoms with E-state index in [1.54, 1.807) is 25.2 Å². The van der Waals surface area contributed by atoms with Gasteiger partial charge in [0.1, 0.15) is 0 Å². The first kappa shape index (κ1) is 6.23. The molecule has 0 fully saturated rings. The van der Waals surface area contributed by atoms with E-state index in [0.717, 1.165) is 0 Å². The van der Waals surface area contributed by atoms with Crippen LogP contribution in [-0.2, 0) is 0 Å². The van der Waals surface area contributed by atoms with Crippen LogP contribution in [0.5, 0.6) is 0 Å². The molecule has 0 bridgehead atoms. The van der Waals surface area contributed by atoms with Gasteiger partial charge in [0.05, 0.1) is 6.26 Å². The summed E-state index contributed by atoms with van der Waals surface area (Å²) in [6, 6.07) is 3.50. The van der Waals surface area contributed by atoms with E-state index in [-0.39, 0.29) is 0 Å². The molecule has 48 valence electrons. The van der Waals surface area contributed by atoms with Crippen LogP contribution in [0.1, 0.15) is 0 Å². The van der Waals surface area contributed by atoms with E-state index in [9.17, 15) is 0 Å². The quantitative estimate of drug-likeness (QED) is 0.574. The van der Waals surface area contributed by atoms with E-state index < -0.39 is 7.05 Å². The molecule has 3 nitrogen and oxygen atoms in total. The third-order valence-electron chi connectivity index (χ3n) is 0.872. The molecule has 2 N–H and O–H groups in total. The highest BCUT2D eigenvalue weighted by Gasteiger charge is 2.02. The summed E-state index contributed by atoms with van der Waals surface area (Å²) in [7, 11) is -0.559. The van der Waals surface area contributed by atoms with Crippen molar-refractivity contribution in [2.75, 3.05) is 5.23 Å². The van der Waals surface area contributed by atoms with Gasteiger partial charge < -0.3 is 14.7 Å². The minimum absolute atomic E-state index is 0.559. The van der Waals surface area contributed by atoms with Gasteiger partial charge in [-0.25, -0.2) is 0 Å². The predicted octanol–water partition coefficient (Wildman–Crippen LogP) is 0.802. The summed E-state index contributed by atoms with van der Waals surface area (Å²) in [5.41, 5.74) is 0. The Kier molecular flexibility index (Phi) is 1.79. The molecule has 0 aromatic carbocycles. The summed E-state index contributed by atoms with van der Waals surface area (Å²) >= 11 is 0. The Balaban J connectivity index is 2.48. The molecule has 4 heteroatoms.